The molecule has 4 nitrogen and oxygen atoms in total. The maximum Gasteiger partial charge on any atom is 0.287 e. The van der Waals surface area contributed by atoms with Crippen LogP contribution in [0, 0.1) is 19.7 Å². The van der Waals surface area contributed by atoms with Crippen molar-refractivity contribution in [3.8, 4) is 11.3 Å². The van der Waals surface area contributed by atoms with Gasteiger partial charge in [0.25, 0.3) is 5.91 Å². The average molecular weight is 313 g/mol. The molecule has 0 radical (unpaired) electrons. The molecule has 5 heteroatoms. The number of hydrogen-bond donors (Lipinski definition) is 1. The van der Waals surface area contributed by atoms with Gasteiger partial charge in [0.1, 0.15) is 23.1 Å². The summed E-state index contributed by atoms with van der Waals surface area (Å²) in [5, 5.41) is 2.76. The minimum absolute atomic E-state index is 0.140. The molecule has 0 fully saturated rings. The first kappa shape index (κ1) is 15.1. The van der Waals surface area contributed by atoms with E-state index in [0.717, 1.165) is 17.1 Å². The fourth-order valence-electron chi connectivity index (χ4n) is 2.39. The second-order valence-corrected chi connectivity index (χ2v) is 5.26. The molecular formula is C18H16FNO3. The van der Waals surface area contributed by atoms with Gasteiger partial charge in [0.2, 0.25) is 0 Å². The van der Waals surface area contributed by atoms with Gasteiger partial charge in [-0.3, -0.25) is 4.79 Å². The SMILES string of the molecule is Cc1cc(CNC(=O)c2ccc(-c3ccccc3F)o2)c(C)o1. The lowest BCUT2D eigenvalue weighted by Crippen LogP contribution is -2.22. The van der Waals surface area contributed by atoms with E-state index in [2.05, 4.69) is 5.32 Å². The van der Waals surface area contributed by atoms with E-state index >= 15 is 0 Å². The van der Waals surface area contributed by atoms with Crippen molar-refractivity contribution in [1.29, 1.82) is 0 Å². The Hall–Kier alpha value is -2.82. The topological polar surface area (TPSA) is 55.4 Å². The van der Waals surface area contributed by atoms with Crippen LogP contribution in [0.3, 0.4) is 0 Å². The third-order valence-electron chi connectivity index (χ3n) is 3.55. The van der Waals surface area contributed by atoms with Crippen LogP contribution in [0.15, 0.2) is 51.3 Å². The number of benzene rings is 1. The second-order valence-electron chi connectivity index (χ2n) is 5.26. The third-order valence-corrected chi connectivity index (χ3v) is 3.55. The molecule has 1 aromatic carbocycles. The number of furan rings is 2. The number of halogens is 1. The summed E-state index contributed by atoms with van der Waals surface area (Å²) in [6, 6.07) is 11.3. The zero-order chi connectivity index (χ0) is 16.4. The Bertz CT molecular complexity index is 848. The Morgan fingerprint density at radius 2 is 1.91 bits per heavy atom. The summed E-state index contributed by atoms with van der Waals surface area (Å²) in [4.78, 5) is 12.1. The van der Waals surface area contributed by atoms with Crippen molar-refractivity contribution in [2.75, 3.05) is 0 Å². The first-order valence-corrected chi connectivity index (χ1v) is 7.23. The molecule has 1 N–H and O–H groups in total. The number of carbonyl (C=O) groups excluding carboxylic acids is 1. The molecular weight excluding hydrogens is 297 g/mol. The molecule has 118 valence electrons. The lowest BCUT2D eigenvalue weighted by Gasteiger charge is -2.02. The summed E-state index contributed by atoms with van der Waals surface area (Å²) in [5.41, 5.74) is 1.24. The van der Waals surface area contributed by atoms with E-state index < -0.39 is 5.82 Å². The Morgan fingerprint density at radius 1 is 1.13 bits per heavy atom. The number of hydrogen-bond acceptors (Lipinski definition) is 3. The molecule has 3 aromatic rings. The largest absolute Gasteiger partial charge is 0.466 e. The number of carbonyl (C=O) groups is 1. The molecule has 0 aliphatic carbocycles. The van der Waals surface area contributed by atoms with Crippen LogP contribution in [0.2, 0.25) is 0 Å². The number of rotatable bonds is 4. The van der Waals surface area contributed by atoms with Gasteiger partial charge >= 0.3 is 0 Å². The maximum atomic E-state index is 13.7. The predicted molar refractivity (Wildman–Crippen MR) is 83.5 cm³/mol. The summed E-state index contributed by atoms with van der Waals surface area (Å²) in [5.74, 6) is 1.29. The minimum Gasteiger partial charge on any atom is -0.466 e. The molecule has 0 spiro atoms. The monoisotopic (exact) mass is 313 g/mol. The van der Waals surface area contributed by atoms with Crippen LogP contribution in [-0.2, 0) is 6.54 Å². The Labute approximate surface area is 132 Å². The van der Waals surface area contributed by atoms with Crippen LogP contribution in [-0.4, -0.2) is 5.91 Å². The van der Waals surface area contributed by atoms with Crippen molar-refractivity contribution in [3.63, 3.8) is 0 Å². The van der Waals surface area contributed by atoms with Crippen molar-refractivity contribution in [1.82, 2.24) is 5.32 Å². The van der Waals surface area contributed by atoms with Gasteiger partial charge in [-0.2, -0.15) is 0 Å². The van der Waals surface area contributed by atoms with Crippen LogP contribution in [0.5, 0.6) is 0 Å². The number of aryl methyl sites for hydroxylation is 2. The van der Waals surface area contributed by atoms with Gasteiger partial charge in [0.05, 0.1) is 5.56 Å². The van der Waals surface area contributed by atoms with Crippen LogP contribution in [0.1, 0.15) is 27.6 Å². The highest BCUT2D eigenvalue weighted by molar-refractivity contribution is 5.92. The van der Waals surface area contributed by atoms with E-state index in [4.69, 9.17) is 8.83 Å². The van der Waals surface area contributed by atoms with Gasteiger partial charge in [0, 0.05) is 12.1 Å². The lowest BCUT2D eigenvalue weighted by atomic mass is 10.1. The molecule has 3 rings (SSSR count). The zero-order valence-corrected chi connectivity index (χ0v) is 12.9. The van der Waals surface area contributed by atoms with Gasteiger partial charge in [-0.05, 0) is 44.2 Å². The molecule has 2 heterocycles. The van der Waals surface area contributed by atoms with Crippen LogP contribution in [0.4, 0.5) is 4.39 Å². The highest BCUT2D eigenvalue weighted by Crippen LogP contribution is 2.24. The minimum atomic E-state index is -0.390. The van der Waals surface area contributed by atoms with Gasteiger partial charge < -0.3 is 14.2 Å². The first-order valence-electron chi connectivity index (χ1n) is 7.23. The van der Waals surface area contributed by atoms with E-state index in [0.29, 0.717) is 17.9 Å². The summed E-state index contributed by atoms with van der Waals surface area (Å²) in [6.45, 7) is 4.04. The van der Waals surface area contributed by atoms with E-state index in [1.54, 1.807) is 24.3 Å². The fourth-order valence-corrected chi connectivity index (χ4v) is 2.39. The molecule has 0 bridgehead atoms. The van der Waals surface area contributed by atoms with Crippen molar-refractivity contribution < 1.29 is 18.0 Å². The maximum absolute atomic E-state index is 13.7. The summed E-state index contributed by atoms with van der Waals surface area (Å²) < 4.78 is 24.6. The average Bonchev–Trinajstić information content (AvgIpc) is 3.12. The fraction of sp³-hybridized carbons (Fsp3) is 0.167. The van der Waals surface area contributed by atoms with Crippen LogP contribution >= 0.6 is 0 Å². The molecule has 0 unspecified atom stereocenters. The van der Waals surface area contributed by atoms with Gasteiger partial charge in [-0.25, -0.2) is 4.39 Å². The normalized spacial score (nSPS) is 10.7. The Kier molecular flexibility index (Phi) is 4.02. The van der Waals surface area contributed by atoms with E-state index in [1.165, 1.54) is 12.1 Å². The molecule has 23 heavy (non-hydrogen) atoms. The molecule has 0 aliphatic heterocycles. The second kappa shape index (κ2) is 6.12. The molecule has 1 amide bonds. The van der Waals surface area contributed by atoms with Gasteiger partial charge in [0.15, 0.2) is 5.76 Å². The highest BCUT2D eigenvalue weighted by atomic mass is 19.1. The molecule has 0 aliphatic rings. The number of nitrogens with one attached hydrogen (secondary N) is 1. The van der Waals surface area contributed by atoms with Crippen molar-refractivity contribution in [2.24, 2.45) is 0 Å². The summed E-state index contributed by atoms with van der Waals surface area (Å²) in [7, 11) is 0. The summed E-state index contributed by atoms with van der Waals surface area (Å²) in [6.07, 6.45) is 0. The van der Waals surface area contributed by atoms with E-state index in [-0.39, 0.29) is 11.7 Å². The van der Waals surface area contributed by atoms with Crippen LogP contribution < -0.4 is 5.32 Å². The van der Waals surface area contributed by atoms with Crippen molar-refractivity contribution in [3.05, 3.63) is 71.1 Å². The highest BCUT2D eigenvalue weighted by Gasteiger charge is 2.15. The molecule has 0 saturated heterocycles. The van der Waals surface area contributed by atoms with Crippen LogP contribution in [0.25, 0.3) is 11.3 Å². The standard InChI is InChI=1S/C18H16FNO3/c1-11-9-13(12(2)22-11)10-20-18(21)17-8-7-16(23-17)14-5-3-4-6-15(14)19/h3-9H,10H2,1-2H3,(H,20,21). The predicted octanol–water partition coefficient (Wildman–Crippen LogP) is 4.23. The summed E-state index contributed by atoms with van der Waals surface area (Å²) >= 11 is 0. The zero-order valence-electron chi connectivity index (χ0n) is 12.9. The molecule has 0 atom stereocenters. The van der Waals surface area contributed by atoms with Gasteiger partial charge in [-0.1, -0.05) is 12.1 Å². The van der Waals surface area contributed by atoms with Gasteiger partial charge in [-0.15, -0.1) is 0 Å². The third kappa shape index (κ3) is 3.18. The first-order chi connectivity index (χ1) is 11.0. The van der Waals surface area contributed by atoms with Crippen molar-refractivity contribution in [2.45, 2.75) is 20.4 Å². The Balaban J connectivity index is 1.72. The van der Waals surface area contributed by atoms with Crippen molar-refractivity contribution >= 4 is 5.91 Å². The molecule has 2 aromatic heterocycles. The quantitative estimate of drug-likeness (QED) is 0.784. The van der Waals surface area contributed by atoms with E-state index in [9.17, 15) is 9.18 Å². The smallest absolute Gasteiger partial charge is 0.287 e. The number of amides is 1. The lowest BCUT2D eigenvalue weighted by molar-refractivity contribution is 0.0924. The molecule has 0 saturated carbocycles. The van der Waals surface area contributed by atoms with E-state index in [1.807, 2.05) is 19.9 Å². The Morgan fingerprint density at radius 3 is 2.61 bits per heavy atom.